The highest BCUT2D eigenvalue weighted by molar-refractivity contribution is 6.35. The van der Waals surface area contributed by atoms with Crippen LogP contribution in [0, 0.1) is 5.82 Å². The molecular formula is C14H12ClFN2O2. The van der Waals surface area contributed by atoms with Gasteiger partial charge >= 0.3 is 5.97 Å². The number of hydrogen-bond donors (Lipinski definition) is 1. The van der Waals surface area contributed by atoms with E-state index in [1.54, 1.807) is 24.1 Å². The Kier molecular flexibility index (Phi) is 4.20. The van der Waals surface area contributed by atoms with E-state index in [9.17, 15) is 9.18 Å². The van der Waals surface area contributed by atoms with Crippen LogP contribution in [0.25, 0.3) is 0 Å². The van der Waals surface area contributed by atoms with Crippen LogP contribution in [0.4, 0.5) is 10.2 Å². The van der Waals surface area contributed by atoms with Crippen molar-refractivity contribution in [1.29, 1.82) is 0 Å². The smallest absolute Gasteiger partial charge is 0.337 e. The zero-order valence-corrected chi connectivity index (χ0v) is 11.4. The molecule has 0 amide bonds. The number of pyridine rings is 1. The number of hydrogen-bond acceptors (Lipinski definition) is 3. The number of halogens is 2. The van der Waals surface area contributed by atoms with Crippen LogP contribution in [0.1, 0.15) is 15.9 Å². The van der Waals surface area contributed by atoms with Gasteiger partial charge in [-0.3, -0.25) is 0 Å². The van der Waals surface area contributed by atoms with Crippen LogP contribution in [0.2, 0.25) is 5.02 Å². The molecule has 20 heavy (non-hydrogen) atoms. The molecule has 1 N–H and O–H groups in total. The monoisotopic (exact) mass is 294 g/mol. The van der Waals surface area contributed by atoms with E-state index in [1.165, 1.54) is 24.4 Å². The Balaban J connectivity index is 2.25. The molecule has 2 aromatic rings. The summed E-state index contributed by atoms with van der Waals surface area (Å²) >= 11 is 6.05. The molecule has 1 aromatic heterocycles. The Hall–Kier alpha value is -2.14. The first-order chi connectivity index (χ1) is 9.49. The molecule has 0 saturated heterocycles. The van der Waals surface area contributed by atoms with Crippen molar-refractivity contribution in [3.63, 3.8) is 0 Å². The molecule has 0 saturated carbocycles. The Morgan fingerprint density at radius 2 is 2.00 bits per heavy atom. The summed E-state index contributed by atoms with van der Waals surface area (Å²) in [7, 11) is 1.74. The molecule has 0 aliphatic rings. The maximum Gasteiger partial charge on any atom is 0.337 e. The lowest BCUT2D eigenvalue weighted by Crippen LogP contribution is -2.19. The fourth-order valence-corrected chi connectivity index (χ4v) is 2.14. The second-order valence-electron chi connectivity index (χ2n) is 4.28. The van der Waals surface area contributed by atoms with Gasteiger partial charge in [0.2, 0.25) is 0 Å². The predicted octanol–water partition coefficient (Wildman–Crippen LogP) is 3.21. The van der Waals surface area contributed by atoms with E-state index in [0.29, 0.717) is 12.4 Å². The number of aromatic nitrogens is 1. The minimum Gasteiger partial charge on any atom is -0.478 e. The molecule has 6 heteroatoms. The van der Waals surface area contributed by atoms with Gasteiger partial charge in [0.25, 0.3) is 0 Å². The predicted molar refractivity (Wildman–Crippen MR) is 74.7 cm³/mol. The molecule has 0 spiro atoms. The summed E-state index contributed by atoms with van der Waals surface area (Å²) < 4.78 is 12.8. The topological polar surface area (TPSA) is 53.4 Å². The fraction of sp³-hybridized carbons (Fsp3) is 0.143. The van der Waals surface area contributed by atoms with E-state index in [-0.39, 0.29) is 16.4 Å². The molecule has 0 atom stereocenters. The van der Waals surface area contributed by atoms with Gasteiger partial charge in [0, 0.05) is 19.8 Å². The fourth-order valence-electron chi connectivity index (χ4n) is 1.80. The minimum absolute atomic E-state index is 0.00243. The summed E-state index contributed by atoms with van der Waals surface area (Å²) in [6.07, 6.45) is 1.39. The zero-order chi connectivity index (χ0) is 14.7. The molecule has 0 aliphatic carbocycles. The summed E-state index contributed by atoms with van der Waals surface area (Å²) in [5.74, 6) is -1.04. The molecule has 4 nitrogen and oxygen atoms in total. The molecule has 0 bridgehead atoms. The van der Waals surface area contributed by atoms with Crippen molar-refractivity contribution in [3.05, 3.63) is 58.5 Å². The summed E-state index contributed by atoms with van der Waals surface area (Å²) in [6.45, 7) is 0.441. The first kappa shape index (κ1) is 14.3. The van der Waals surface area contributed by atoms with Crippen LogP contribution in [0.5, 0.6) is 0 Å². The second kappa shape index (κ2) is 5.88. The van der Waals surface area contributed by atoms with Crippen LogP contribution in [0.3, 0.4) is 0 Å². The second-order valence-corrected chi connectivity index (χ2v) is 4.66. The Bertz CT molecular complexity index is 632. The van der Waals surface area contributed by atoms with Crippen molar-refractivity contribution in [2.45, 2.75) is 6.54 Å². The number of carboxylic acids is 1. The Morgan fingerprint density at radius 1 is 1.35 bits per heavy atom. The number of nitrogens with zero attached hydrogens (tertiary/aromatic N) is 2. The summed E-state index contributed by atoms with van der Waals surface area (Å²) in [5.41, 5.74) is 0.870. The van der Waals surface area contributed by atoms with Crippen molar-refractivity contribution in [3.8, 4) is 0 Å². The number of carboxylic acid groups (broad SMARTS) is 1. The summed E-state index contributed by atoms with van der Waals surface area (Å²) in [4.78, 5) is 16.8. The zero-order valence-electron chi connectivity index (χ0n) is 10.7. The average molecular weight is 295 g/mol. The minimum atomic E-state index is -1.10. The Morgan fingerprint density at radius 3 is 2.60 bits per heavy atom. The van der Waals surface area contributed by atoms with Gasteiger partial charge < -0.3 is 10.0 Å². The van der Waals surface area contributed by atoms with Gasteiger partial charge in [-0.2, -0.15) is 0 Å². The summed E-state index contributed by atoms with van der Waals surface area (Å²) in [5, 5.41) is 9.11. The number of rotatable bonds is 4. The quantitative estimate of drug-likeness (QED) is 0.941. The van der Waals surface area contributed by atoms with E-state index in [2.05, 4.69) is 4.98 Å². The lowest BCUT2D eigenvalue weighted by atomic mass is 10.2. The highest BCUT2D eigenvalue weighted by atomic mass is 35.5. The molecular weight excluding hydrogens is 283 g/mol. The molecule has 0 aliphatic heterocycles. The first-order valence-corrected chi connectivity index (χ1v) is 6.20. The third kappa shape index (κ3) is 3.05. The molecule has 0 radical (unpaired) electrons. The molecule has 0 unspecified atom stereocenters. The molecule has 1 heterocycles. The van der Waals surface area contributed by atoms with Crippen LogP contribution >= 0.6 is 11.6 Å². The van der Waals surface area contributed by atoms with Crippen molar-refractivity contribution < 1.29 is 14.3 Å². The van der Waals surface area contributed by atoms with Crippen molar-refractivity contribution in [2.24, 2.45) is 0 Å². The van der Waals surface area contributed by atoms with Crippen molar-refractivity contribution in [2.75, 3.05) is 11.9 Å². The average Bonchev–Trinajstić information content (AvgIpc) is 2.41. The molecule has 1 aromatic carbocycles. The summed E-state index contributed by atoms with van der Waals surface area (Å²) in [6, 6.07) is 7.39. The maximum absolute atomic E-state index is 12.8. The maximum atomic E-state index is 12.8. The van der Waals surface area contributed by atoms with E-state index in [4.69, 9.17) is 16.7 Å². The van der Waals surface area contributed by atoms with Gasteiger partial charge in [0.05, 0.1) is 10.6 Å². The van der Waals surface area contributed by atoms with Crippen LogP contribution in [-0.4, -0.2) is 23.1 Å². The SMILES string of the molecule is CN(Cc1ccc(F)cc1)c1nccc(C(=O)O)c1Cl. The highest BCUT2D eigenvalue weighted by Crippen LogP contribution is 2.27. The molecule has 2 rings (SSSR count). The standard InChI is InChI=1S/C14H12ClFN2O2/c1-18(8-9-2-4-10(16)5-3-9)13-12(15)11(14(19)20)6-7-17-13/h2-7H,8H2,1H3,(H,19,20). The highest BCUT2D eigenvalue weighted by Gasteiger charge is 2.16. The van der Waals surface area contributed by atoms with E-state index in [1.807, 2.05) is 0 Å². The van der Waals surface area contributed by atoms with Crippen molar-refractivity contribution in [1.82, 2.24) is 4.98 Å². The number of aromatic carboxylic acids is 1. The van der Waals surface area contributed by atoms with Gasteiger partial charge in [-0.1, -0.05) is 23.7 Å². The van der Waals surface area contributed by atoms with E-state index >= 15 is 0 Å². The largest absolute Gasteiger partial charge is 0.478 e. The van der Waals surface area contributed by atoms with Crippen LogP contribution in [0.15, 0.2) is 36.5 Å². The van der Waals surface area contributed by atoms with Gasteiger partial charge in [0.15, 0.2) is 0 Å². The van der Waals surface area contributed by atoms with Gasteiger partial charge in [0.1, 0.15) is 11.6 Å². The van der Waals surface area contributed by atoms with Gasteiger partial charge in [-0.15, -0.1) is 0 Å². The number of carbonyl (C=O) groups is 1. The first-order valence-electron chi connectivity index (χ1n) is 5.82. The normalized spacial score (nSPS) is 10.3. The van der Waals surface area contributed by atoms with E-state index < -0.39 is 5.97 Å². The molecule has 0 fully saturated rings. The molecule has 104 valence electrons. The van der Waals surface area contributed by atoms with Crippen LogP contribution < -0.4 is 4.90 Å². The van der Waals surface area contributed by atoms with Crippen molar-refractivity contribution >= 4 is 23.4 Å². The van der Waals surface area contributed by atoms with Gasteiger partial charge in [-0.25, -0.2) is 14.2 Å². The number of anilines is 1. The Labute approximate surface area is 120 Å². The van der Waals surface area contributed by atoms with E-state index in [0.717, 1.165) is 5.56 Å². The third-order valence-corrected chi connectivity index (χ3v) is 3.17. The third-order valence-electron chi connectivity index (χ3n) is 2.80. The lowest BCUT2D eigenvalue weighted by Gasteiger charge is -2.20. The van der Waals surface area contributed by atoms with Gasteiger partial charge in [-0.05, 0) is 23.8 Å². The lowest BCUT2D eigenvalue weighted by molar-refractivity contribution is 0.0697. The van der Waals surface area contributed by atoms with Crippen LogP contribution in [-0.2, 0) is 6.54 Å². The number of benzene rings is 1.